The minimum absolute atomic E-state index is 0. The highest BCUT2D eigenvalue weighted by molar-refractivity contribution is 7.86. The van der Waals surface area contributed by atoms with E-state index in [4.69, 9.17) is 4.74 Å². The molecular weight excluding hydrogens is 719 g/mol. The van der Waals surface area contributed by atoms with Crippen molar-refractivity contribution in [2.24, 2.45) is 16.7 Å². The Morgan fingerprint density at radius 3 is 2.21 bits per heavy atom. The van der Waals surface area contributed by atoms with E-state index in [0.29, 0.717) is 49.1 Å². The van der Waals surface area contributed by atoms with Crippen molar-refractivity contribution in [3.8, 4) is 11.5 Å². The lowest BCUT2D eigenvalue weighted by Gasteiger charge is -2.54. The molecule has 294 valence electrons. The zero-order valence-electron chi connectivity index (χ0n) is 31.8. The van der Waals surface area contributed by atoms with Gasteiger partial charge < -0.3 is 24.8 Å². The van der Waals surface area contributed by atoms with E-state index in [2.05, 4.69) is 25.1 Å². The van der Waals surface area contributed by atoms with Crippen molar-refractivity contribution in [2.75, 3.05) is 76.9 Å². The van der Waals surface area contributed by atoms with E-state index in [1.165, 1.54) is 30.9 Å². The summed E-state index contributed by atoms with van der Waals surface area (Å²) >= 11 is 0. The van der Waals surface area contributed by atoms with Gasteiger partial charge in [0.1, 0.15) is 17.9 Å². The average Bonchev–Trinajstić information content (AvgIpc) is 3.56. The lowest BCUT2D eigenvalue weighted by atomic mass is 9.72. The number of amides is 1. The highest BCUT2D eigenvalue weighted by atomic mass is 35.5. The number of halogens is 2. The van der Waals surface area contributed by atoms with Crippen LogP contribution in [-0.2, 0) is 10.2 Å². The van der Waals surface area contributed by atoms with Gasteiger partial charge in [-0.2, -0.15) is 17.0 Å². The number of ether oxygens (including phenoxy) is 1. The number of nitrogens with one attached hydrogen (secondary N) is 1. The molecule has 5 aliphatic heterocycles. The van der Waals surface area contributed by atoms with Crippen molar-refractivity contribution in [1.82, 2.24) is 33.7 Å². The number of hydrogen-bond acceptors (Lipinski definition) is 9. The van der Waals surface area contributed by atoms with Crippen LogP contribution in [0.25, 0.3) is 0 Å². The summed E-state index contributed by atoms with van der Waals surface area (Å²) in [7, 11) is -3.39. The lowest BCUT2D eigenvalue weighted by molar-refractivity contribution is 0.0605. The third kappa shape index (κ3) is 8.47. The van der Waals surface area contributed by atoms with E-state index in [-0.39, 0.29) is 47.1 Å². The monoisotopic (exact) mass is 776 g/mol. The van der Waals surface area contributed by atoms with Gasteiger partial charge in [0, 0.05) is 69.9 Å². The molecule has 6 heterocycles. The first-order valence-electron chi connectivity index (χ1n) is 19.4. The predicted octanol–water partition coefficient (Wildman–Crippen LogP) is 5.02. The van der Waals surface area contributed by atoms with Crippen molar-refractivity contribution < 1.29 is 22.3 Å². The number of benzene rings is 1. The van der Waals surface area contributed by atoms with Gasteiger partial charge in [-0.05, 0) is 122 Å². The molecule has 1 amide bonds. The first-order chi connectivity index (χ1) is 24.9. The van der Waals surface area contributed by atoms with E-state index in [9.17, 15) is 17.6 Å². The minimum Gasteiger partial charge on any atom is -0.451 e. The van der Waals surface area contributed by atoms with Gasteiger partial charge in [0.25, 0.3) is 16.1 Å². The molecule has 53 heavy (non-hydrogen) atoms. The second-order valence-corrected chi connectivity index (χ2v) is 18.6. The molecule has 2 aromatic rings. The summed E-state index contributed by atoms with van der Waals surface area (Å²) in [6, 6.07) is 3.93. The highest BCUT2D eigenvalue weighted by Gasteiger charge is 2.47. The Labute approximate surface area is 321 Å². The van der Waals surface area contributed by atoms with Gasteiger partial charge in [0.15, 0.2) is 11.6 Å². The molecule has 7 rings (SSSR count). The topological polar surface area (TPSA) is 114 Å². The maximum absolute atomic E-state index is 14.4. The van der Waals surface area contributed by atoms with Crippen LogP contribution in [-0.4, -0.2) is 127 Å². The Morgan fingerprint density at radius 2 is 1.58 bits per heavy atom. The Bertz CT molecular complexity index is 1670. The number of anilines is 1. The number of piperidine rings is 3. The molecule has 12 nitrogen and oxygen atoms in total. The fraction of sp³-hybridized carbons (Fsp3) is 0.711. The van der Waals surface area contributed by atoms with Crippen molar-refractivity contribution >= 4 is 34.3 Å². The quantitative estimate of drug-likeness (QED) is 0.356. The van der Waals surface area contributed by atoms with Gasteiger partial charge in [-0.15, -0.1) is 12.4 Å². The predicted molar refractivity (Wildman–Crippen MR) is 206 cm³/mol. The molecule has 5 aliphatic rings. The Morgan fingerprint density at radius 1 is 0.943 bits per heavy atom. The maximum atomic E-state index is 14.4. The van der Waals surface area contributed by atoms with Crippen LogP contribution in [0.15, 0.2) is 30.7 Å². The smallest absolute Gasteiger partial charge is 0.281 e. The molecule has 0 unspecified atom stereocenters. The summed E-state index contributed by atoms with van der Waals surface area (Å²) in [5, 5.41) is 3.47. The highest BCUT2D eigenvalue weighted by Crippen LogP contribution is 2.45. The van der Waals surface area contributed by atoms with E-state index in [1.54, 1.807) is 19.7 Å². The van der Waals surface area contributed by atoms with Gasteiger partial charge in [-0.1, -0.05) is 0 Å². The molecule has 0 saturated carbocycles. The zero-order chi connectivity index (χ0) is 36.7. The zero-order valence-corrected chi connectivity index (χ0v) is 33.4. The first kappa shape index (κ1) is 40.1. The van der Waals surface area contributed by atoms with Gasteiger partial charge in [-0.3, -0.25) is 4.79 Å². The molecule has 1 aromatic carbocycles. The van der Waals surface area contributed by atoms with E-state index in [0.717, 1.165) is 84.3 Å². The second kappa shape index (κ2) is 16.2. The third-order valence-electron chi connectivity index (χ3n) is 12.5. The Balaban J connectivity index is 0.00000481. The van der Waals surface area contributed by atoms with E-state index < -0.39 is 16.0 Å². The number of carbonyl (C=O) groups excluding carboxylic acids is 1. The molecule has 15 heteroatoms. The van der Waals surface area contributed by atoms with Crippen LogP contribution in [0.2, 0.25) is 0 Å². The lowest BCUT2D eigenvalue weighted by Crippen LogP contribution is -2.61. The SMILES string of the molecule is CC(C)N(C(=O)c1cc(F)ccc1Oc1cncnc1N1CC2(CCN(CC3CCN(S(=O)(=O)N4CCC5(CCNC5)CC4)CC3)CC2)C1)C(C)C.Cl. The second-order valence-electron chi connectivity index (χ2n) is 16.7. The van der Waals surface area contributed by atoms with Crippen LogP contribution in [0, 0.1) is 22.6 Å². The minimum atomic E-state index is -3.39. The van der Waals surface area contributed by atoms with Gasteiger partial charge in [0.05, 0.1) is 11.8 Å². The van der Waals surface area contributed by atoms with Gasteiger partial charge >= 0.3 is 0 Å². The summed E-state index contributed by atoms with van der Waals surface area (Å²) in [5.74, 6) is 1.14. The van der Waals surface area contributed by atoms with Crippen molar-refractivity contribution in [1.29, 1.82) is 0 Å². The van der Waals surface area contributed by atoms with Gasteiger partial charge in [0.2, 0.25) is 0 Å². The standard InChI is InChI=1S/C38H57FN8O4S.ClH/c1-28(2)47(29(3)4)36(48)32-21-31(39)5-6-33(32)51-34-22-41-27-42-35(34)44-25-38(26-44)10-17-43(18-11-38)23-30-7-15-45(16-8-30)52(49,50)46-19-12-37(13-20-46)9-14-40-24-37;/h5-6,21-22,27-30,40H,7-20,23-26H2,1-4H3;1H. The fourth-order valence-corrected chi connectivity index (χ4v) is 11.0. The van der Waals surface area contributed by atoms with Crippen LogP contribution in [0.3, 0.4) is 0 Å². The number of rotatable bonds is 10. The molecule has 1 N–H and O–H groups in total. The molecule has 5 saturated heterocycles. The normalized spacial score (nSPS) is 22.7. The van der Waals surface area contributed by atoms with Crippen LogP contribution in [0.1, 0.15) is 83.0 Å². The molecule has 5 fully saturated rings. The van der Waals surface area contributed by atoms with Gasteiger partial charge in [-0.25, -0.2) is 14.4 Å². The van der Waals surface area contributed by atoms with Crippen molar-refractivity contribution in [3.63, 3.8) is 0 Å². The number of nitrogens with zero attached hydrogens (tertiary/aromatic N) is 7. The Kier molecular flexibility index (Phi) is 12.3. The molecule has 0 bridgehead atoms. The van der Waals surface area contributed by atoms with Crippen LogP contribution >= 0.6 is 12.4 Å². The van der Waals surface area contributed by atoms with Crippen LogP contribution in [0.5, 0.6) is 11.5 Å². The molecule has 0 atom stereocenters. The maximum Gasteiger partial charge on any atom is 0.281 e. The number of hydrogen-bond donors (Lipinski definition) is 1. The molecule has 2 spiro atoms. The summed E-state index contributed by atoms with van der Waals surface area (Å²) in [6.07, 6.45) is 10.3. The van der Waals surface area contributed by atoms with Crippen LogP contribution < -0.4 is 15.0 Å². The van der Waals surface area contributed by atoms with E-state index in [1.807, 2.05) is 27.7 Å². The summed E-state index contributed by atoms with van der Waals surface area (Å²) in [5.41, 5.74) is 0.691. The molecular formula is C38H58ClFN8O4S. The fourth-order valence-electron chi connectivity index (χ4n) is 9.41. The molecule has 0 aliphatic carbocycles. The Hall–Kier alpha value is -2.62. The molecule has 1 aromatic heterocycles. The largest absolute Gasteiger partial charge is 0.451 e. The average molecular weight is 777 g/mol. The number of carbonyl (C=O) groups is 1. The first-order valence-corrected chi connectivity index (χ1v) is 20.8. The third-order valence-corrected chi connectivity index (χ3v) is 14.6. The van der Waals surface area contributed by atoms with Crippen molar-refractivity contribution in [2.45, 2.75) is 84.7 Å². The molecule has 0 radical (unpaired) electrons. The van der Waals surface area contributed by atoms with E-state index >= 15 is 0 Å². The summed E-state index contributed by atoms with van der Waals surface area (Å²) in [6.45, 7) is 17.2. The number of likely N-dealkylation sites (tertiary alicyclic amines) is 1. The summed E-state index contributed by atoms with van der Waals surface area (Å²) < 4.78 is 51.2. The number of aromatic nitrogens is 2. The van der Waals surface area contributed by atoms with Crippen molar-refractivity contribution in [3.05, 3.63) is 42.1 Å². The summed E-state index contributed by atoms with van der Waals surface area (Å²) in [4.78, 5) is 28.9. The van der Waals surface area contributed by atoms with Crippen LogP contribution in [0.4, 0.5) is 10.2 Å².